The van der Waals surface area contributed by atoms with Crippen LogP contribution in [0.15, 0.2) is 22.9 Å². The van der Waals surface area contributed by atoms with Gasteiger partial charge in [0.15, 0.2) is 5.82 Å². The number of pyridine rings is 1. The second kappa shape index (κ2) is 5.29. The van der Waals surface area contributed by atoms with Gasteiger partial charge in [-0.05, 0) is 6.07 Å². The van der Waals surface area contributed by atoms with Crippen molar-refractivity contribution in [3.05, 3.63) is 30.0 Å². The molecule has 0 radical (unpaired) electrons. The van der Waals surface area contributed by atoms with E-state index >= 15 is 0 Å². The molecule has 0 atom stereocenters. The molecule has 2 aromatic rings. The summed E-state index contributed by atoms with van der Waals surface area (Å²) in [5.74, 6) is 2.16. The van der Waals surface area contributed by atoms with Crippen LogP contribution in [0.3, 0.4) is 0 Å². The molecule has 6 nitrogen and oxygen atoms in total. The minimum absolute atomic E-state index is 0.599. The van der Waals surface area contributed by atoms with Crippen molar-refractivity contribution in [1.82, 2.24) is 15.1 Å². The fourth-order valence-electron chi connectivity index (χ4n) is 1.44. The zero-order valence-electron chi connectivity index (χ0n) is 9.90. The van der Waals surface area contributed by atoms with Crippen molar-refractivity contribution < 1.29 is 4.52 Å². The average molecular weight is 233 g/mol. The molecule has 0 spiro atoms. The topological polar surface area (TPSA) is 75.9 Å². The van der Waals surface area contributed by atoms with Gasteiger partial charge in [0, 0.05) is 44.9 Å². The summed E-state index contributed by atoms with van der Waals surface area (Å²) >= 11 is 0. The highest BCUT2D eigenvalue weighted by atomic mass is 16.5. The highest BCUT2D eigenvalue weighted by Crippen LogP contribution is 2.10. The second-order valence-corrected chi connectivity index (χ2v) is 3.59. The minimum Gasteiger partial charge on any atom is -0.384 e. The Kier molecular flexibility index (Phi) is 3.54. The van der Waals surface area contributed by atoms with Gasteiger partial charge >= 0.3 is 0 Å². The summed E-state index contributed by atoms with van der Waals surface area (Å²) in [6, 6.07) is 3.86. The van der Waals surface area contributed by atoms with Crippen LogP contribution in [0, 0.1) is 6.92 Å². The van der Waals surface area contributed by atoms with E-state index in [1.54, 1.807) is 13.1 Å². The number of aromatic nitrogens is 3. The molecule has 0 saturated carbocycles. The predicted octanol–water partition coefficient (Wildman–Crippen LogP) is 1.47. The van der Waals surface area contributed by atoms with Gasteiger partial charge in [-0.25, -0.2) is 4.98 Å². The van der Waals surface area contributed by atoms with Crippen LogP contribution in [-0.2, 0) is 6.42 Å². The first-order chi connectivity index (χ1) is 8.28. The monoisotopic (exact) mass is 233 g/mol. The van der Waals surface area contributed by atoms with Crippen molar-refractivity contribution in [1.29, 1.82) is 0 Å². The fourth-order valence-corrected chi connectivity index (χ4v) is 1.44. The first-order valence-electron chi connectivity index (χ1n) is 5.45. The molecule has 0 aliphatic carbocycles. The highest BCUT2D eigenvalue weighted by Gasteiger charge is 2.01. The third-order valence-electron chi connectivity index (χ3n) is 2.26. The molecule has 2 rings (SSSR count). The van der Waals surface area contributed by atoms with Gasteiger partial charge in [0.25, 0.3) is 0 Å². The Morgan fingerprint density at radius 1 is 1.41 bits per heavy atom. The zero-order chi connectivity index (χ0) is 12.1. The van der Waals surface area contributed by atoms with Crippen molar-refractivity contribution in [3.63, 3.8) is 0 Å². The third-order valence-corrected chi connectivity index (χ3v) is 2.26. The Balaban J connectivity index is 1.85. The van der Waals surface area contributed by atoms with E-state index in [1.807, 2.05) is 19.2 Å². The van der Waals surface area contributed by atoms with Gasteiger partial charge in [-0.3, -0.25) is 0 Å². The Labute approximate surface area is 99.5 Å². The fraction of sp³-hybridized carbons (Fsp3) is 0.364. The Morgan fingerprint density at radius 3 is 3.00 bits per heavy atom. The van der Waals surface area contributed by atoms with E-state index in [-0.39, 0.29) is 0 Å². The molecule has 0 amide bonds. The molecule has 0 fully saturated rings. The lowest BCUT2D eigenvalue weighted by Gasteiger charge is -2.06. The van der Waals surface area contributed by atoms with E-state index in [1.165, 1.54) is 0 Å². The number of aryl methyl sites for hydroxylation is 1. The zero-order valence-corrected chi connectivity index (χ0v) is 9.90. The molecule has 17 heavy (non-hydrogen) atoms. The van der Waals surface area contributed by atoms with Crippen LogP contribution in [0.1, 0.15) is 11.7 Å². The minimum atomic E-state index is 0.599. The molecule has 0 aliphatic rings. The molecule has 0 unspecified atom stereocenters. The lowest BCUT2D eigenvalue weighted by molar-refractivity contribution is 0.387. The first-order valence-corrected chi connectivity index (χ1v) is 5.45. The van der Waals surface area contributed by atoms with Crippen LogP contribution in [0.25, 0.3) is 0 Å². The van der Waals surface area contributed by atoms with E-state index in [0.29, 0.717) is 5.89 Å². The quantitative estimate of drug-likeness (QED) is 0.814. The smallest absolute Gasteiger partial charge is 0.223 e. The summed E-state index contributed by atoms with van der Waals surface area (Å²) < 4.78 is 4.89. The van der Waals surface area contributed by atoms with Crippen LogP contribution in [0.5, 0.6) is 0 Å². The second-order valence-electron chi connectivity index (χ2n) is 3.59. The summed E-state index contributed by atoms with van der Waals surface area (Å²) in [6.45, 7) is 2.54. The normalized spacial score (nSPS) is 10.2. The van der Waals surface area contributed by atoms with Gasteiger partial charge in [-0.15, -0.1) is 0 Å². The lowest BCUT2D eigenvalue weighted by Crippen LogP contribution is -2.06. The predicted molar refractivity (Wildman–Crippen MR) is 65.0 cm³/mol. The van der Waals surface area contributed by atoms with E-state index in [9.17, 15) is 0 Å². The number of rotatable bonds is 5. The maximum atomic E-state index is 4.89. The van der Waals surface area contributed by atoms with Gasteiger partial charge in [-0.1, -0.05) is 5.16 Å². The Hall–Kier alpha value is -2.11. The van der Waals surface area contributed by atoms with Crippen molar-refractivity contribution in [2.45, 2.75) is 13.3 Å². The average Bonchev–Trinajstić information content (AvgIpc) is 2.75. The van der Waals surface area contributed by atoms with Gasteiger partial charge in [0.05, 0.1) is 0 Å². The molecule has 2 aromatic heterocycles. The molecular formula is C11H15N5O. The van der Waals surface area contributed by atoms with Gasteiger partial charge in [0.2, 0.25) is 5.89 Å². The molecule has 6 heteroatoms. The SMILES string of the molecule is CNc1cc(NCCc2noc(C)n2)ccn1. The van der Waals surface area contributed by atoms with Crippen LogP contribution < -0.4 is 10.6 Å². The molecule has 0 aromatic carbocycles. The maximum absolute atomic E-state index is 4.89. The number of hydrogen-bond acceptors (Lipinski definition) is 6. The van der Waals surface area contributed by atoms with Gasteiger partial charge in [0.1, 0.15) is 5.82 Å². The summed E-state index contributed by atoms with van der Waals surface area (Å²) in [5.41, 5.74) is 1.02. The standard InChI is InChI=1S/C11H15N5O/c1-8-15-10(16-17-8)4-6-13-9-3-5-14-11(7-9)12-2/h3,5,7H,4,6H2,1-2H3,(H2,12,13,14). The number of nitrogens with zero attached hydrogens (tertiary/aromatic N) is 3. The van der Waals surface area contributed by atoms with E-state index in [0.717, 1.165) is 30.3 Å². The number of anilines is 2. The molecule has 0 saturated heterocycles. The Bertz CT molecular complexity index is 482. The maximum Gasteiger partial charge on any atom is 0.223 e. The first kappa shape index (κ1) is 11.4. The van der Waals surface area contributed by atoms with Crippen LogP contribution in [-0.4, -0.2) is 28.7 Å². The summed E-state index contributed by atoms with van der Waals surface area (Å²) in [7, 11) is 1.84. The van der Waals surface area contributed by atoms with E-state index < -0.39 is 0 Å². The molecule has 90 valence electrons. The van der Waals surface area contributed by atoms with Gasteiger partial charge < -0.3 is 15.2 Å². The third kappa shape index (κ3) is 3.17. The van der Waals surface area contributed by atoms with Crippen molar-refractivity contribution in [2.24, 2.45) is 0 Å². The van der Waals surface area contributed by atoms with Crippen molar-refractivity contribution in [3.8, 4) is 0 Å². The number of hydrogen-bond donors (Lipinski definition) is 2. The van der Waals surface area contributed by atoms with Crippen molar-refractivity contribution in [2.75, 3.05) is 24.2 Å². The van der Waals surface area contributed by atoms with Crippen LogP contribution in [0.2, 0.25) is 0 Å². The van der Waals surface area contributed by atoms with Crippen LogP contribution in [0.4, 0.5) is 11.5 Å². The summed E-state index contributed by atoms with van der Waals surface area (Å²) in [4.78, 5) is 8.27. The molecular weight excluding hydrogens is 218 g/mol. The van der Waals surface area contributed by atoms with E-state index in [4.69, 9.17) is 4.52 Å². The largest absolute Gasteiger partial charge is 0.384 e. The van der Waals surface area contributed by atoms with E-state index in [2.05, 4.69) is 25.8 Å². The van der Waals surface area contributed by atoms with Gasteiger partial charge in [-0.2, -0.15) is 4.98 Å². The summed E-state index contributed by atoms with van der Waals surface area (Å²) in [6.07, 6.45) is 2.49. The molecule has 0 aliphatic heterocycles. The summed E-state index contributed by atoms with van der Waals surface area (Å²) in [5, 5.41) is 10.1. The van der Waals surface area contributed by atoms with Crippen LogP contribution >= 0.6 is 0 Å². The molecule has 0 bridgehead atoms. The Morgan fingerprint density at radius 2 is 2.29 bits per heavy atom. The lowest BCUT2D eigenvalue weighted by atomic mass is 10.3. The highest BCUT2D eigenvalue weighted by molar-refractivity contribution is 5.51. The number of nitrogens with one attached hydrogen (secondary N) is 2. The van der Waals surface area contributed by atoms with Crippen molar-refractivity contribution >= 4 is 11.5 Å². The molecule has 2 heterocycles. The molecule has 2 N–H and O–H groups in total.